The van der Waals surface area contributed by atoms with Gasteiger partial charge in [-0.2, -0.15) is 0 Å². The van der Waals surface area contributed by atoms with Gasteiger partial charge in [0.1, 0.15) is 0 Å². The van der Waals surface area contributed by atoms with Crippen LogP contribution in [0.5, 0.6) is 0 Å². The molecule has 1 unspecified atom stereocenters. The van der Waals surface area contributed by atoms with Crippen molar-refractivity contribution in [2.24, 2.45) is 5.84 Å². The Morgan fingerprint density at radius 3 is 2.56 bits per heavy atom. The molecular formula is C13H28N4O. The molecule has 18 heavy (non-hydrogen) atoms. The Kier molecular flexibility index (Phi) is 7.23. The number of rotatable bonds is 7. The summed E-state index contributed by atoms with van der Waals surface area (Å²) in [7, 11) is 0. The summed E-state index contributed by atoms with van der Waals surface area (Å²) in [5.74, 6) is 5.29. The molecule has 1 aliphatic rings. The Balaban J connectivity index is 2.73. The number of nitrogens with zero attached hydrogens (tertiary/aromatic N) is 1. The van der Waals surface area contributed by atoms with Crippen molar-refractivity contribution in [3.63, 3.8) is 0 Å². The predicted octanol–water partition coefficient (Wildman–Crippen LogP) is 0.609. The second-order valence-electron chi connectivity index (χ2n) is 5.03. The van der Waals surface area contributed by atoms with Gasteiger partial charge in [-0.15, -0.1) is 0 Å². The first-order chi connectivity index (χ1) is 8.74. The van der Waals surface area contributed by atoms with Gasteiger partial charge in [0.2, 0.25) is 0 Å². The maximum absolute atomic E-state index is 12.0. The van der Waals surface area contributed by atoms with E-state index in [9.17, 15) is 4.79 Å². The Morgan fingerprint density at radius 1 is 1.39 bits per heavy atom. The van der Waals surface area contributed by atoms with E-state index < -0.39 is 0 Å². The van der Waals surface area contributed by atoms with Crippen molar-refractivity contribution in [3.8, 4) is 0 Å². The average Bonchev–Trinajstić information content (AvgIpc) is 2.43. The largest absolute Gasteiger partial charge is 0.317 e. The molecule has 1 fully saturated rings. The van der Waals surface area contributed by atoms with Crippen molar-refractivity contribution in [3.05, 3.63) is 0 Å². The number of nitrogens with one attached hydrogen (secondary N) is 2. The lowest BCUT2D eigenvalue weighted by molar-refractivity contribution is -0.128. The zero-order valence-electron chi connectivity index (χ0n) is 11.7. The summed E-state index contributed by atoms with van der Waals surface area (Å²) in [4.78, 5) is 14.3. The van der Waals surface area contributed by atoms with Crippen LogP contribution in [0.3, 0.4) is 0 Å². The van der Waals surface area contributed by atoms with Gasteiger partial charge in [0.05, 0.1) is 6.04 Å². The van der Waals surface area contributed by atoms with Crippen molar-refractivity contribution in [1.82, 2.24) is 15.6 Å². The number of carbonyl (C=O) groups is 1. The van der Waals surface area contributed by atoms with Crippen LogP contribution in [0, 0.1) is 0 Å². The third-order valence-electron chi connectivity index (χ3n) is 3.67. The second-order valence-corrected chi connectivity index (χ2v) is 5.03. The van der Waals surface area contributed by atoms with Gasteiger partial charge in [0.15, 0.2) is 0 Å². The highest BCUT2D eigenvalue weighted by Gasteiger charge is 2.30. The monoisotopic (exact) mass is 256 g/mol. The van der Waals surface area contributed by atoms with Crippen LogP contribution in [0.2, 0.25) is 0 Å². The molecule has 1 heterocycles. The Labute approximate surface area is 110 Å². The van der Waals surface area contributed by atoms with Crippen LogP contribution in [0.1, 0.15) is 46.0 Å². The van der Waals surface area contributed by atoms with E-state index in [0.29, 0.717) is 6.04 Å². The molecule has 0 bridgehead atoms. The van der Waals surface area contributed by atoms with E-state index in [0.717, 1.165) is 51.7 Å². The maximum atomic E-state index is 12.0. The highest BCUT2D eigenvalue weighted by atomic mass is 16.2. The van der Waals surface area contributed by atoms with E-state index in [1.54, 1.807) is 0 Å². The lowest BCUT2D eigenvalue weighted by Gasteiger charge is -2.39. The molecule has 0 spiro atoms. The molecule has 1 saturated heterocycles. The molecule has 0 saturated carbocycles. The first-order valence-corrected chi connectivity index (χ1v) is 7.21. The highest BCUT2D eigenvalue weighted by Crippen LogP contribution is 2.18. The minimum atomic E-state index is -0.0666. The van der Waals surface area contributed by atoms with Crippen molar-refractivity contribution in [2.75, 3.05) is 19.6 Å². The summed E-state index contributed by atoms with van der Waals surface area (Å²) in [5.41, 5.74) is 2.33. The standard InChI is InChI=1S/C13H28N4O/c1-3-5-12(13(18)16-14)17(10-4-2)11-6-8-15-9-7-11/h11-12,15H,3-10,14H2,1-2H3,(H,16,18). The minimum absolute atomic E-state index is 0.0381. The second kappa shape index (κ2) is 8.45. The Hall–Kier alpha value is -0.650. The Bertz CT molecular complexity index is 241. The number of amides is 1. The fraction of sp³-hybridized carbons (Fsp3) is 0.923. The number of hydrazine groups is 1. The number of piperidine rings is 1. The fourth-order valence-electron chi connectivity index (χ4n) is 2.81. The highest BCUT2D eigenvalue weighted by molar-refractivity contribution is 5.81. The summed E-state index contributed by atoms with van der Waals surface area (Å²) in [6.45, 7) is 7.35. The van der Waals surface area contributed by atoms with Gasteiger partial charge in [-0.05, 0) is 45.3 Å². The third kappa shape index (κ3) is 4.23. The molecular weight excluding hydrogens is 228 g/mol. The molecule has 106 valence electrons. The van der Waals surface area contributed by atoms with Crippen LogP contribution in [-0.2, 0) is 4.79 Å². The third-order valence-corrected chi connectivity index (χ3v) is 3.67. The summed E-state index contributed by atoms with van der Waals surface area (Å²) in [5, 5.41) is 3.37. The molecule has 1 atom stereocenters. The van der Waals surface area contributed by atoms with Crippen molar-refractivity contribution in [2.45, 2.75) is 58.0 Å². The van der Waals surface area contributed by atoms with Gasteiger partial charge in [-0.25, -0.2) is 5.84 Å². The van der Waals surface area contributed by atoms with Gasteiger partial charge in [0.25, 0.3) is 5.91 Å². The van der Waals surface area contributed by atoms with Crippen molar-refractivity contribution >= 4 is 5.91 Å². The summed E-state index contributed by atoms with van der Waals surface area (Å²) in [6.07, 6.45) is 5.20. The molecule has 5 nitrogen and oxygen atoms in total. The minimum Gasteiger partial charge on any atom is -0.317 e. The first kappa shape index (κ1) is 15.4. The lowest BCUT2D eigenvalue weighted by Crippen LogP contribution is -2.55. The van der Waals surface area contributed by atoms with Crippen LogP contribution in [-0.4, -0.2) is 42.5 Å². The van der Waals surface area contributed by atoms with E-state index in [4.69, 9.17) is 5.84 Å². The SMILES string of the molecule is CCCC(C(=O)NN)N(CCC)C1CCNCC1. The number of nitrogens with two attached hydrogens (primary N) is 1. The van der Waals surface area contributed by atoms with Crippen LogP contribution in [0.15, 0.2) is 0 Å². The van der Waals surface area contributed by atoms with Crippen molar-refractivity contribution < 1.29 is 4.79 Å². The summed E-state index contributed by atoms with van der Waals surface area (Å²) in [6, 6.07) is 0.447. The molecule has 1 amide bonds. The lowest BCUT2D eigenvalue weighted by atomic mass is 9.99. The van der Waals surface area contributed by atoms with Crippen molar-refractivity contribution in [1.29, 1.82) is 0 Å². The van der Waals surface area contributed by atoms with Gasteiger partial charge >= 0.3 is 0 Å². The molecule has 0 aromatic carbocycles. The molecule has 0 radical (unpaired) electrons. The molecule has 1 rings (SSSR count). The Morgan fingerprint density at radius 2 is 2.06 bits per heavy atom. The van der Waals surface area contributed by atoms with E-state index >= 15 is 0 Å². The van der Waals surface area contributed by atoms with Crippen LogP contribution >= 0.6 is 0 Å². The molecule has 5 heteroatoms. The average molecular weight is 256 g/mol. The van der Waals surface area contributed by atoms with E-state index in [1.165, 1.54) is 0 Å². The van der Waals surface area contributed by atoms with Crippen LogP contribution in [0.4, 0.5) is 0 Å². The number of hydrogen-bond donors (Lipinski definition) is 3. The zero-order valence-corrected chi connectivity index (χ0v) is 11.7. The molecule has 1 aliphatic heterocycles. The molecule has 4 N–H and O–H groups in total. The number of hydrogen-bond acceptors (Lipinski definition) is 4. The topological polar surface area (TPSA) is 70.4 Å². The maximum Gasteiger partial charge on any atom is 0.251 e. The van der Waals surface area contributed by atoms with Gasteiger partial charge in [-0.3, -0.25) is 15.1 Å². The molecule has 0 aromatic rings. The van der Waals surface area contributed by atoms with Gasteiger partial charge in [-0.1, -0.05) is 20.3 Å². The first-order valence-electron chi connectivity index (χ1n) is 7.21. The van der Waals surface area contributed by atoms with E-state index in [-0.39, 0.29) is 11.9 Å². The molecule has 0 aromatic heterocycles. The van der Waals surface area contributed by atoms with Gasteiger partial charge < -0.3 is 5.32 Å². The normalized spacial score (nSPS) is 18.9. The van der Waals surface area contributed by atoms with E-state index in [1.807, 2.05) is 0 Å². The smallest absolute Gasteiger partial charge is 0.251 e. The molecule has 0 aliphatic carbocycles. The quantitative estimate of drug-likeness (QED) is 0.354. The zero-order chi connectivity index (χ0) is 13.4. The van der Waals surface area contributed by atoms with Gasteiger partial charge in [0, 0.05) is 6.04 Å². The summed E-state index contributed by atoms with van der Waals surface area (Å²) < 4.78 is 0. The van der Waals surface area contributed by atoms with Crippen LogP contribution < -0.4 is 16.6 Å². The number of carbonyl (C=O) groups excluding carboxylic acids is 1. The van der Waals surface area contributed by atoms with E-state index in [2.05, 4.69) is 29.5 Å². The predicted molar refractivity (Wildman–Crippen MR) is 73.9 cm³/mol. The fourth-order valence-corrected chi connectivity index (χ4v) is 2.81. The van der Waals surface area contributed by atoms with Crippen LogP contribution in [0.25, 0.3) is 0 Å². The summed E-state index contributed by atoms with van der Waals surface area (Å²) >= 11 is 0.